The normalized spacial score (nSPS) is 12.8. The largest absolute Gasteiger partial charge is 0.351 e. The lowest BCUT2D eigenvalue weighted by atomic mass is 9.84. The fraction of sp³-hybridized carbons (Fsp3) is 0.235. The van der Waals surface area contributed by atoms with Crippen molar-refractivity contribution in [2.24, 2.45) is 0 Å². The van der Waals surface area contributed by atoms with Gasteiger partial charge in [-0.15, -0.1) is 0 Å². The number of carbonyl (C=O) groups excluding carboxylic acids is 2. The summed E-state index contributed by atoms with van der Waals surface area (Å²) in [5.41, 5.74) is 6.18. The van der Waals surface area contributed by atoms with Crippen molar-refractivity contribution < 1.29 is 18.4 Å². The summed E-state index contributed by atoms with van der Waals surface area (Å²) < 4.78 is 19.7. The van der Waals surface area contributed by atoms with Crippen molar-refractivity contribution in [3.63, 3.8) is 0 Å². The molecule has 0 radical (unpaired) electrons. The molecule has 0 bridgehead atoms. The first kappa shape index (κ1) is 31.2. The summed E-state index contributed by atoms with van der Waals surface area (Å²) >= 11 is 4.06. The second-order valence-corrected chi connectivity index (χ2v) is 12.7. The van der Waals surface area contributed by atoms with Gasteiger partial charge < -0.3 is 15.2 Å². The fourth-order valence-electron chi connectivity index (χ4n) is 4.58. The van der Waals surface area contributed by atoms with Crippen LogP contribution in [-0.2, 0) is 27.7 Å². The van der Waals surface area contributed by atoms with E-state index >= 15 is 0 Å². The van der Waals surface area contributed by atoms with Crippen LogP contribution < -0.4 is 10.6 Å². The van der Waals surface area contributed by atoms with Gasteiger partial charge in [0.15, 0.2) is 11.1 Å². The van der Waals surface area contributed by atoms with Crippen molar-refractivity contribution >= 4 is 40.2 Å². The summed E-state index contributed by atoms with van der Waals surface area (Å²) in [6, 6.07) is 30.6. The smallest absolute Gasteiger partial charge is 0.251 e. The molecule has 0 aliphatic rings. The Morgan fingerprint density at radius 1 is 0.833 bits per heavy atom. The fourth-order valence-corrected chi connectivity index (χ4v) is 4.98. The van der Waals surface area contributed by atoms with E-state index in [1.807, 2.05) is 72.8 Å². The molecule has 2 unspecified atom stereocenters. The molecule has 8 heteroatoms. The molecule has 0 aromatic heterocycles. The summed E-state index contributed by atoms with van der Waals surface area (Å²) in [5, 5.41) is 6.40. The molecule has 2 atom stereocenters. The van der Waals surface area contributed by atoms with Crippen LogP contribution in [-0.4, -0.2) is 32.9 Å². The van der Waals surface area contributed by atoms with E-state index in [1.54, 1.807) is 12.1 Å². The minimum Gasteiger partial charge on any atom is -0.351 e. The summed E-state index contributed by atoms with van der Waals surface area (Å²) in [5.74, 6) is -0.940. The van der Waals surface area contributed by atoms with Crippen LogP contribution in [0.15, 0.2) is 97.1 Å². The van der Waals surface area contributed by atoms with Crippen LogP contribution in [0, 0.1) is 0 Å². The van der Waals surface area contributed by atoms with Crippen LogP contribution in [0.4, 0.5) is 5.69 Å². The summed E-state index contributed by atoms with van der Waals surface area (Å²) in [4.78, 5) is 26.1. The Kier molecular flexibility index (Phi) is 10.3. The Hall–Kier alpha value is -3.78. The quantitative estimate of drug-likeness (QED) is 0.167. The molecular weight excluding hydrogens is 568 g/mol. The zero-order valence-corrected chi connectivity index (χ0v) is 25.5. The van der Waals surface area contributed by atoms with E-state index in [4.69, 9.17) is 16.2 Å². The van der Waals surface area contributed by atoms with Crippen molar-refractivity contribution in [2.75, 3.05) is 17.6 Å². The molecule has 3 N–H and O–H groups in total. The van der Waals surface area contributed by atoms with Gasteiger partial charge in [0.2, 0.25) is 5.91 Å². The SMILES string of the molecule is CC(C)(C)c1ccc(C(Cc2ccc(C(=O)NCCS(=O)O)cc2)C(=O)Nc2ccc(-c3ccc(Cl)cc3)cc2)cc1. The Morgan fingerprint density at radius 2 is 1.40 bits per heavy atom. The number of hydrogen-bond acceptors (Lipinski definition) is 3. The lowest BCUT2D eigenvalue weighted by molar-refractivity contribution is -0.117. The number of benzene rings is 4. The number of rotatable bonds is 10. The number of anilines is 1. The summed E-state index contributed by atoms with van der Waals surface area (Å²) in [6.07, 6.45) is 0.439. The predicted octanol–water partition coefficient (Wildman–Crippen LogP) is 7.22. The van der Waals surface area contributed by atoms with E-state index in [2.05, 4.69) is 43.5 Å². The van der Waals surface area contributed by atoms with Crippen molar-refractivity contribution in [2.45, 2.75) is 38.5 Å². The average molecular weight is 603 g/mol. The first-order valence-electron chi connectivity index (χ1n) is 13.7. The number of nitrogens with one attached hydrogen (secondary N) is 2. The van der Waals surface area contributed by atoms with Gasteiger partial charge in [0.1, 0.15) is 0 Å². The highest BCUT2D eigenvalue weighted by Crippen LogP contribution is 2.29. The molecule has 0 fully saturated rings. The maximum absolute atomic E-state index is 13.7. The maximum atomic E-state index is 13.7. The van der Waals surface area contributed by atoms with Crippen LogP contribution in [0.5, 0.6) is 0 Å². The molecule has 2 amide bonds. The summed E-state index contributed by atoms with van der Waals surface area (Å²) in [7, 11) is 0. The first-order valence-corrected chi connectivity index (χ1v) is 15.4. The molecule has 4 rings (SSSR count). The van der Waals surface area contributed by atoms with Gasteiger partial charge in [0.05, 0.1) is 11.7 Å². The molecule has 0 saturated carbocycles. The highest BCUT2D eigenvalue weighted by Gasteiger charge is 2.23. The van der Waals surface area contributed by atoms with E-state index in [9.17, 15) is 13.8 Å². The van der Waals surface area contributed by atoms with Gasteiger partial charge in [-0.05, 0) is 76.1 Å². The number of halogens is 1. The molecule has 0 spiro atoms. The Labute approximate surface area is 254 Å². The van der Waals surface area contributed by atoms with Gasteiger partial charge in [0.25, 0.3) is 5.91 Å². The van der Waals surface area contributed by atoms with Gasteiger partial charge in [-0.25, -0.2) is 4.21 Å². The zero-order valence-electron chi connectivity index (χ0n) is 23.9. The van der Waals surface area contributed by atoms with Gasteiger partial charge in [-0.1, -0.05) is 93.0 Å². The molecule has 0 aliphatic heterocycles. The molecule has 6 nitrogen and oxygen atoms in total. The van der Waals surface area contributed by atoms with E-state index in [0.29, 0.717) is 22.7 Å². The first-order chi connectivity index (χ1) is 20.0. The van der Waals surface area contributed by atoms with Gasteiger partial charge in [0, 0.05) is 22.8 Å². The molecule has 4 aromatic carbocycles. The topological polar surface area (TPSA) is 95.5 Å². The minimum atomic E-state index is -1.96. The zero-order chi connectivity index (χ0) is 30.3. The number of amides is 2. The highest BCUT2D eigenvalue weighted by atomic mass is 35.5. The lowest BCUT2D eigenvalue weighted by Gasteiger charge is -2.22. The Bertz CT molecular complexity index is 1530. The standard InChI is InChI=1S/C34H35ClN2O4S/c1-34(2,3)28-14-8-26(9-15-28)31(22-23-4-6-27(7-5-23)32(38)36-20-21-42(40)41)33(39)37-30-18-12-25(13-19-30)24-10-16-29(35)17-11-24/h4-19,31H,20-22H2,1-3H3,(H,36,38)(H,37,39)(H,40,41). The monoisotopic (exact) mass is 602 g/mol. The maximum Gasteiger partial charge on any atom is 0.251 e. The number of carbonyl (C=O) groups is 2. The average Bonchev–Trinajstić information content (AvgIpc) is 2.96. The van der Waals surface area contributed by atoms with Gasteiger partial charge in [-0.3, -0.25) is 9.59 Å². The van der Waals surface area contributed by atoms with Crippen LogP contribution in [0.2, 0.25) is 5.02 Å². The third kappa shape index (κ3) is 8.61. The van der Waals surface area contributed by atoms with Crippen molar-refractivity contribution in [3.8, 4) is 11.1 Å². The molecular formula is C34H35ClN2O4S. The van der Waals surface area contributed by atoms with E-state index in [0.717, 1.165) is 22.3 Å². The number of hydrogen-bond donors (Lipinski definition) is 3. The van der Waals surface area contributed by atoms with Crippen molar-refractivity contribution in [1.82, 2.24) is 5.32 Å². The van der Waals surface area contributed by atoms with E-state index in [1.165, 1.54) is 5.56 Å². The third-order valence-corrected chi connectivity index (χ3v) is 7.85. The molecule has 0 aliphatic carbocycles. The minimum absolute atomic E-state index is 0.00919. The van der Waals surface area contributed by atoms with Crippen LogP contribution >= 0.6 is 11.6 Å². The van der Waals surface area contributed by atoms with Gasteiger partial charge in [-0.2, -0.15) is 0 Å². The van der Waals surface area contributed by atoms with Crippen LogP contribution in [0.1, 0.15) is 53.7 Å². The van der Waals surface area contributed by atoms with Crippen LogP contribution in [0.25, 0.3) is 11.1 Å². The molecule has 0 saturated heterocycles. The van der Waals surface area contributed by atoms with E-state index < -0.39 is 17.0 Å². The van der Waals surface area contributed by atoms with Crippen molar-refractivity contribution in [3.05, 3.63) is 124 Å². The third-order valence-electron chi connectivity index (χ3n) is 7.04. The molecule has 42 heavy (non-hydrogen) atoms. The second-order valence-electron chi connectivity index (χ2n) is 11.2. The molecule has 0 heterocycles. The van der Waals surface area contributed by atoms with Crippen LogP contribution in [0.3, 0.4) is 0 Å². The Balaban J connectivity index is 1.52. The van der Waals surface area contributed by atoms with E-state index in [-0.39, 0.29) is 29.5 Å². The lowest BCUT2D eigenvalue weighted by Crippen LogP contribution is -2.27. The Morgan fingerprint density at radius 3 is 1.95 bits per heavy atom. The molecule has 218 valence electrons. The molecule has 4 aromatic rings. The highest BCUT2D eigenvalue weighted by molar-refractivity contribution is 7.79. The van der Waals surface area contributed by atoms with Gasteiger partial charge >= 0.3 is 0 Å². The predicted molar refractivity (Wildman–Crippen MR) is 172 cm³/mol. The second kappa shape index (κ2) is 13.9. The summed E-state index contributed by atoms with van der Waals surface area (Å²) in [6.45, 7) is 6.57. The van der Waals surface area contributed by atoms with Crippen molar-refractivity contribution in [1.29, 1.82) is 0 Å².